The largest absolute Gasteiger partial charge is 0.506 e. The van der Waals surface area contributed by atoms with Crippen LogP contribution in [0.25, 0.3) is 0 Å². The molecule has 0 bridgehead atoms. The maximum atomic E-state index is 11.6. The zero-order valence-electron chi connectivity index (χ0n) is 21.3. The molecule has 2 rings (SSSR count). The molecule has 10 nitrogen and oxygen atoms in total. The first-order valence-corrected chi connectivity index (χ1v) is 12.1. The first-order chi connectivity index (χ1) is 17.2. The number of carboxylic acid groups (broad SMARTS) is 1. The molecule has 0 saturated heterocycles. The average molecular weight is 503 g/mol. The minimum absolute atomic E-state index is 0.0382. The number of carboxylic acids is 1. The van der Waals surface area contributed by atoms with Gasteiger partial charge in [-0.05, 0) is 20.3 Å². The number of pyridine rings is 2. The van der Waals surface area contributed by atoms with Gasteiger partial charge in [0.1, 0.15) is 11.5 Å². The second-order valence-electron chi connectivity index (χ2n) is 8.81. The van der Waals surface area contributed by atoms with E-state index in [4.69, 9.17) is 0 Å². The lowest BCUT2D eigenvalue weighted by molar-refractivity contribution is -0.138. The summed E-state index contributed by atoms with van der Waals surface area (Å²) in [6.07, 6.45) is 9.11. The van der Waals surface area contributed by atoms with E-state index in [2.05, 4.69) is 27.9 Å². The van der Waals surface area contributed by atoms with Crippen LogP contribution < -0.4 is 0 Å². The number of aryl methyl sites for hydroxylation is 2. The fourth-order valence-electron chi connectivity index (χ4n) is 3.87. The Labute approximate surface area is 212 Å². The first-order valence-electron chi connectivity index (χ1n) is 12.1. The highest BCUT2D eigenvalue weighted by molar-refractivity contribution is 5.69. The smallest absolute Gasteiger partial charge is 0.317 e. The molecule has 0 aliphatic carbocycles. The highest BCUT2D eigenvalue weighted by Crippen LogP contribution is 2.27. The molecule has 2 heterocycles. The lowest BCUT2D eigenvalue weighted by Crippen LogP contribution is -2.38. The van der Waals surface area contributed by atoms with E-state index in [0.29, 0.717) is 59.8 Å². The second-order valence-corrected chi connectivity index (χ2v) is 8.81. The number of allylic oxidation sites excluding steroid dienone is 1. The van der Waals surface area contributed by atoms with Gasteiger partial charge in [0, 0.05) is 67.4 Å². The SMILES string of the molecule is CCCC=CCN(CCN(CC(=O)O)Cc1c(CO)cnc(C)c1O)Cc1c(CO)cnc(C)c1O. The number of aliphatic hydroxyl groups excluding tert-OH is 2. The van der Waals surface area contributed by atoms with Crippen molar-refractivity contribution < 1.29 is 30.3 Å². The van der Waals surface area contributed by atoms with Gasteiger partial charge in [0.15, 0.2) is 0 Å². The van der Waals surface area contributed by atoms with Crippen LogP contribution in [0.3, 0.4) is 0 Å². The Morgan fingerprint density at radius 1 is 0.889 bits per heavy atom. The molecule has 198 valence electrons. The van der Waals surface area contributed by atoms with Crippen LogP contribution in [0.1, 0.15) is 53.4 Å². The Bertz CT molecular complexity index is 1040. The van der Waals surface area contributed by atoms with Gasteiger partial charge in [-0.1, -0.05) is 25.5 Å². The third-order valence-corrected chi connectivity index (χ3v) is 6.04. The van der Waals surface area contributed by atoms with Crippen LogP contribution in [0.5, 0.6) is 11.5 Å². The lowest BCUT2D eigenvalue weighted by atomic mass is 10.1. The summed E-state index contributed by atoms with van der Waals surface area (Å²) in [6.45, 7) is 6.42. The Balaban J connectivity index is 2.28. The van der Waals surface area contributed by atoms with E-state index >= 15 is 0 Å². The molecule has 10 heteroatoms. The number of carbonyl (C=O) groups is 1. The van der Waals surface area contributed by atoms with Crippen LogP contribution in [-0.4, -0.2) is 77.4 Å². The molecule has 0 aliphatic heterocycles. The molecule has 36 heavy (non-hydrogen) atoms. The Morgan fingerprint density at radius 2 is 1.39 bits per heavy atom. The Morgan fingerprint density at radius 3 is 1.86 bits per heavy atom. The van der Waals surface area contributed by atoms with Crippen molar-refractivity contribution in [1.82, 2.24) is 19.8 Å². The maximum absolute atomic E-state index is 11.6. The number of rotatable bonds is 15. The van der Waals surface area contributed by atoms with E-state index in [9.17, 15) is 30.3 Å². The molecule has 5 N–H and O–H groups in total. The molecule has 0 unspecified atom stereocenters. The highest BCUT2D eigenvalue weighted by Gasteiger charge is 2.20. The van der Waals surface area contributed by atoms with E-state index < -0.39 is 5.97 Å². The van der Waals surface area contributed by atoms with Gasteiger partial charge in [0.2, 0.25) is 0 Å². The number of aromatic nitrogens is 2. The molecule has 0 saturated carbocycles. The summed E-state index contributed by atoms with van der Waals surface area (Å²) < 4.78 is 0. The van der Waals surface area contributed by atoms with Gasteiger partial charge in [0.25, 0.3) is 0 Å². The van der Waals surface area contributed by atoms with Crippen molar-refractivity contribution in [3.63, 3.8) is 0 Å². The maximum Gasteiger partial charge on any atom is 0.317 e. The van der Waals surface area contributed by atoms with Crippen molar-refractivity contribution in [2.24, 2.45) is 0 Å². The van der Waals surface area contributed by atoms with Gasteiger partial charge >= 0.3 is 5.97 Å². The van der Waals surface area contributed by atoms with Crippen molar-refractivity contribution in [3.05, 3.63) is 58.2 Å². The standard InChI is InChI=1S/C26H38N4O6/c1-4-5-6-7-8-29(13-22-20(16-31)11-27-18(2)25(22)35)9-10-30(15-24(33)34)14-23-21(17-32)12-28-19(3)26(23)36/h6-7,11-12,31-32,35-36H,4-5,8-10,13-17H2,1-3H3,(H,33,34). The number of nitrogens with zero attached hydrogens (tertiary/aromatic N) is 4. The minimum Gasteiger partial charge on any atom is -0.506 e. The van der Waals surface area contributed by atoms with Crippen molar-refractivity contribution in [1.29, 1.82) is 0 Å². The van der Waals surface area contributed by atoms with Crippen LogP contribution in [0.15, 0.2) is 24.5 Å². The molecular weight excluding hydrogens is 464 g/mol. The summed E-state index contributed by atoms with van der Waals surface area (Å²) in [7, 11) is 0. The molecule has 0 spiro atoms. The monoisotopic (exact) mass is 502 g/mol. The molecule has 0 amide bonds. The summed E-state index contributed by atoms with van der Waals surface area (Å²) in [6, 6.07) is 0. The van der Waals surface area contributed by atoms with E-state index in [1.165, 1.54) is 6.20 Å². The number of hydrogen-bond donors (Lipinski definition) is 5. The molecule has 0 aromatic carbocycles. The van der Waals surface area contributed by atoms with Gasteiger partial charge in [-0.15, -0.1) is 0 Å². The molecule has 0 radical (unpaired) electrons. The normalized spacial score (nSPS) is 11.8. The Hall–Kier alpha value is -3.05. The van der Waals surface area contributed by atoms with Gasteiger partial charge in [0.05, 0.1) is 31.1 Å². The van der Waals surface area contributed by atoms with E-state index in [1.54, 1.807) is 24.9 Å². The molecular formula is C26H38N4O6. The highest BCUT2D eigenvalue weighted by atomic mass is 16.4. The second kappa shape index (κ2) is 14.5. The van der Waals surface area contributed by atoms with Gasteiger partial charge in [-0.3, -0.25) is 24.6 Å². The third kappa shape index (κ3) is 8.27. The molecule has 0 aliphatic rings. The number of aromatic hydroxyl groups is 2. The predicted molar refractivity (Wildman–Crippen MR) is 135 cm³/mol. The third-order valence-electron chi connectivity index (χ3n) is 6.04. The zero-order chi connectivity index (χ0) is 26.7. The number of aliphatic hydroxyl groups is 2. The van der Waals surface area contributed by atoms with Crippen molar-refractivity contribution in [2.75, 3.05) is 26.2 Å². The number of hydrogen-bond acceptors (Lipinski definition) is 9. The van der Waals surface area contributed by atoms with E-state index in [1.807, 2.05) is 6.08 Å². The van der Waals surface area contributed by atoms with Crippen LogP contribution in [0.4, 0.5) is 0 Å². The number of aliphatic carboxylic acids is 1. The van der Waals surface area contributed by atoms with Crippen molar-refractivity contribution >= 4 is 5.97 Å². The van der Waals surface area contributed by atoms with Crippen molar-refractivity contribution in [3.8, 4) is 11.5 Å². The molecule has 0 fully saturated rings. The molecule has 0 atom stereocenters. The summed E-state index contributed by atoms with van der Waals surface area (Å²) in [5, 5.41) is 50.1. The van der Waals surface area contributed by atoms with Crippen LogP contribution in [0, 0.1) is 13.8 Å². The van der Waals surface area contributed by atoms with Crippen LogP contribution >= 0.6 is 0 Å². The molecule has 2 aromatic rings. The average Bonchev–Trinajstić information content (AvgIpc) is 2.85. The fourth-order valence-corrected chi connectivity index (χ4v) is 3.87. The van der Waals surface area contributed by atoms with Crippen LogP contribution in [0.2, 0.25) is 0 Å². The van der Waals surface area contributed by atoms with E-state index in [-0.39, 0.29) is 37.8 Å². The predicted octanol–water partition coefficient (Wildman–Crippen LogP) is 2.23. The van der Waals surface area contributed by atoms with E-state index in [0.717, 1.165) is 12.8 Å². The topological polar surface area (TPSA) is 150 Å². The Kier molecular flexibility index (Phi) is 11.7. The number of unbranched alkanes of at least 4 members (excludes halogenated alkanes) is 1. The first kappa shape index (κ1) is 29.2. The van der Waals surface area contributed by atoms with Crippen molar-refractivity contribution in [2.45, 2.75) is 59.9 Å². The summed E-state index contributed by atoms with van der Waals surface area (Å²) in [5.41, 5.74) is 2.89. The summed E-state index contributed by atoms with van der Waals surface area (Å²) in [5.74, 6) is -1.03. The minimum atomic E-state index is -1.01. The van der Waals surface area contributed by atoms with Crippen LogP contribution in [-0.2, 0) is 31.1 Å². The fraction of sp³-hybridized carbons (Fsp3) is 0.500. The molecule has 2 aromatic heterocycles. The van der Waals surface area contributed by atoms with Gasteiger partial charge in [-0.25, -0.2) is 0 Å². The zero-order valence-corrected chi connectivity index (χ0v) is 21.3. The summed E-state index contributed by atoms with van der Waals surface area (Å²) >= 11 is 0. The lowest BCUT2D eigenvalue weighted by Gasteiger charge is -2.28. The quantitative estimate of drug-likeness (QED) is 0.229. The summed E-state index contributed by atoms with van der Waals surface area (Å²) in [4.78, 5) is 23.5. The van der Waals surface area contributed by atoms with Gasteiger partial charge in [-0.2, -0.15) is 0 Å². The van der Waals surface area contributed by atoms with Gasteiger partial charge < -0.3 is 25.5 Å².